The highest BCUT2D eigenvalue weighted by Gasteiger charge is 2.26. The summed E-state index contributed by atoms with van der Waals surface area (Å²) in [6.45, 7) is 2.33. The topological polar surface area (TPSA) is 34.5 Å². The van der Waals surface area contributed by atoms with Crippen LogP contribution in [0.15, 0.2) is 79.0 Å². The number of rotatable bonds is 7. The van der Waals surface area contributed by atoms with Crippen LogP contribution in [0.2, 0.25) is 0 Å². The normalized spacial score (nSPS) is 14.5. The molecule has 0 bridgehead atoms. The molecule has 34 heavy (non-hydrogen) atoms. The quantitative estimate of drug-likeness (QED) is 0.343. The number of amides is 1. The van der Waals surface area contributed by atoms with Crippen LogP contribution >= 0.6 is 0 Å². The van der Waals surface area contributed by atoms with Crippen molar-refractivity contribution in [2.45, 2.75) is 31.7 Å². The van der Waals surface area contributed by atoms with Crippen LogP contribution < -0.4 is 4.74 Å². The van der Waals surface area contributed by atoms with Crippen LogP contribution in [-0.2, 0) is 11.3 Å². The largest absolute Gasteiger partial charge is 0.497 e. The lowest BCUT2D eigenvalue weighted by Gasteiger charge is -2.21. The van der Waals surface area contributed by atoms with Gasteiger partial charge in [0.1, 0.15) is 11.6 Å². The molecule has 0 spiro atoms. The van der Waals surface area contributed by atoms with Crippen molar-refractivity contribution in [3.05, 3.63) is 102 Å². The lowest BCUT2D eigenvalue weighted by molar-refractivity contribution is -0.130. The number of carbonyl (C=O) groups is 1. The van der Waals surface area contributed by atoms with E-state index in [0.29, 0.717) is 13.0 Å². The van der Waals surface area contributed by atoms with Gasteiger partial charge in [0, 0.05) is 49.1 Å². The number of halogens is 1. The van der Waals surface area contributed by atoms with Crippen LogP contribution in [0.5, 0.6) is 5.75 Å². The van der Waals surface area contributed by atoms with Gasteiger partial charge in [0.15, 0.2) is 0 Å². The van der Waals surface area contributed by atoms with Gasteiger partial charge in [-0.3, -0.25) is 4.79 Å². The molecule has 1 aliphatic rings. The number of aromatic nitrogens is 1. The summed E-state index contributed by atoms with van der Waals surface area (Å²) in [6, 6.07) is 23.0. The molecule has 0 aliphatic carbocycles. The van der Waals surface area contributed by atoms with Crippen LogP contribution in [0.1, 0.15) is 41.9 Å². The van der Waals surface area contributed by atoms with E-state index in [0.717, 1.165) is 59.3 Å². The standard InChI is InChI=1S/C29H29FN2O2/c1-34-24-14-10-22(11-15-24)26(18-29(33)31-16-4-5-17-31)27-20-32(28-7-3-2-6-25(27)28)19-21-8-12-23(30)13-9-21/h2-3,6-15,20,26H,4-5,16-19H2,1H3/t26-/m0/s1. The van der Waals surface area contributed by atoms with E-state index in [4.69, 9.17) is 4.74 Å². The summed E-state index contributed by atoms with van der Waals surface area (Å²) < 4.78 is 21.0. The summed E-state index contributed by atoms with van der Waals surface area (Å²) in [5, 5.41) is 1.14. The van der Waals surface area contributed by atoms with Crippen molar-refractivity contribution in [1.29, 1.82) is 0 Å². The molecular formula is C29H29FN2O2. The maximum Gasteiger partial charge on any atom is 0.223 e. The zero-order valence-corrected chi connectivity index (χ0v) is 19.4. The minimum absolute atomic E-state index is 0.0710. The summed E-state index contributed by atoms with van der Waals surface area (Å²) in [5.41, 5.74) is 4.37. The van der Waals surface area contributed by atoms with Crippen LogP contribution in [0.3, 0.4) is 0 Å². The van der Waals surface area contributed by atoms with Crippen LogP contribution in [0.4, 0.5) is 4.39 Å². The number of benzene rings is 3. The fourth-order valence-electron chi connectivity index (χ4n) is 4.98. The summed E-state index contributed by atoms with van der Waals surface area (Å²) in [4.78, 5) is 15.2. The van der Waals surface area contributed by atoms with Gasteiger partial charge in [0.25, 0.3) is 0 Å². The smallest absolute Gasteiger partial charge is 0.223 e. The number of para-hydroxylation sites is 1. The highest BCUT2D eigenvalue weighted by molar-refractivity contribution is 5.87. The van der Waals surface area contributed by atoms with E-state index in [2.05, 4.69) is 35.0 Å². The molecule has 1 atom stereocenters. The Labute approximate surface area is 199 Å². The number of likely N-dealkylation sites (tertiary alicyclic amines) is 1. The molecule has 174 valence electrons. The zero-order chi connectivity index (χ0) is 23.5. The highest BCUT2D eigenvalue weighted by atomic mass is 19.1. The van der Waals surface area contributed by atoms with Gasteiger partial charge in [0.05, 0.1) is 7.11 Å². The Hall–Kier alpha value is -3.60. The third kappa shape index (κ3) is 4.56. The summed E-state index contributed by atoms with van der Waals surface area (Å²) in [5.74, 6) is 0.695. The number of hydrogen-bond donors (Lipinski definition) is 0. The van der Waals surface area contributed by atoms with E-state index in [-0.39, 0.29) is 17.6 Å². The number of methoxy groups -OCH3 is 1. The monoisotopic (exact) mass is 456 g/mol. The molecule has 2 heterocycles. The Morgan fingerprint density at radius 2 is 1.68 bits per heavy atom. The van der Waals surface area contributed by atoms with Gasteiger partial charge >= 0.3 is 0 Å². The van der Waals surface area contributed by atoms with E-state index < -0.39 is 0 Å². The number of nitrogens with zero attached hydrogens (tertiary/aromatic N) is 2. The first-order valence-electron chi connectivity index (χ1n) is 11.9. The molecule has 1 saturated heterocycles. The van der Waals surface area contributed by atoms with Gasteiger partial charge in [-0.2, -0.15) is 0 Å². The second kappa shape index (κ2) is 9.72. The fraction of sp³-hybridized carbons (Fsp3) is 0.276. The molecule has 5 heteroatoms. The number of ether oxygens (including phenoxy) is 1. The Balaban J connectivity index is 1.56. The van der Waals surface area contributed by atoms with Crippen molar-refractivity contribution < 1.29 is 13.9 Å². The van der Waals surface area contributed by atoms with Crippen molar-refractivity contribution in [2.75, 3.05) is 20.2 Å². The molecule has 1 aromatic heterocycles. The predicted octanol–water partition coefficient (Wildman–Crippen LogP) is 5.98. The molecule has 1 amide bonds. The molecule has 3 aromatic carbocycles. The first-order chi connectivity index (χ1) is 16.6. The molecule has 1 fully saturated rings. The van der Waals surface area contributed by atoms with Crippen LogP contribution in [-0.4, -0.2) is 35.6 Å². The predicted molar refractivity (Wildman–Crippen MR) is 133 cm³/mol. The van der Waals surface area contributed by atoms with E-state index in [1.807, 2.05) is 41.3 Å². The molecule has 0 saturated carbocycles. The molecular weight excluding hydrogens is 427 g/mol. The first kappa shape index (κ1) is 22.2. The van der Waals surface area contributed by atoms with Gasteiger partial charge in [-0.25, -0.2) is 4.39 Å². The number of carbonyl (C=O) groups excluding carboxylic acids is 1. The number of fused-ring (bicyclic) bond motifs is 1. The number of hydrogen-bond acceptors (Lipinski definition) is 2. The van der Waals surface area contributed by atoms with Gasteiger partial charge in [-0.1, -0.05) is 42.5 Å². The van der Waals surface area contributed by atoms with Gasteiger partial charge in [0.2, 0.25) is 5.91 Å². The molecule has 5 rings (SSSR count). The Bertz CT molecular complexity index is 1270. The highest BCUT2D eigenvalue weighted by Crippen LogP contribution is 2.36. The summed E-state index contributed by atoms with van der Waals surface area (Å²) >= 11 is 0. The van der Waals surface area contributed by atoms with Crippen molar-refractivity contribution in [3.63, 3.8) is 0 Å². The fourth-order valence-corrected chi connectivity index (χ4v) is 4.98. The van der Waals surface area contributed by atoms with Gasteiger partial charge in [-0.05, 0) is 59.9 Å². The molecule has 4 aromatic rings. The molecule has 0 radical (unpaired) electrons. The van der Waals surface area contributed by atoms with Crippen molar-refractivity contribution in [1.82, 2.24) is 9.47 Å². The Morgan fingerprint density at radius 3 is 2.38 bits per heavy atom. The Morgan fingerprint density at radius 1 is 0.971 bits per heavy atom. The maximum atomic E-state index is 13.4. The molecule has 0 unspecified atom stereocenters. The van der Waals surface area contributed by atoms with E-state index >= 15 is 0 Å². The van der Waals surface area contributed by atoms with Crippen molar-refractivity contribution in [2.24, 2.45) is 0 Å². The lowest BCUT2D eigenvalue weighted by atomic mass is 9.87. The zero-order valence-electron chi connectivity index (χ0n) is 19.4. The SMILES string of the molecule is COc1ccc([C@H](CC(=O)N2CCCC2)c2cn(Cc3ccc(F)cc3)c3ccccc23)cc1. The average molecular weight is 457 g/mol. The molecule has 0 N–H and O–H groups in total. The van der Waals surface area contributed by atoms with Gasteiger partial charge < -0.3 is 14.2 Å². The summed E-state index contributed by atoms with van der Waals surface area (Å²) in [7, 11) is 1.66. The second-order valence-electron chi connectivity index (χ2n) is 8.97. The minimum Gasteiger partial charge on any atom is -0.497 e. The van der Waals surface area contributed by atoms with Crippen molar-refractivity contribution in [3.8, 4) is 5.75 Å². The van der Waals surface area contributed by atoms with E-state index in [1.54, 1.807) is 7.11 Å². The average Bonchev–Trinajstić information content (AvgIpc) is 3.53. The third-order valence-electron chi connectivity index (χ3n) is 6.82. The van der Waals surface area contributed by atoms with Crippen LogP contribution in [0, 0.1) is 5.82 Å². The van der Waals surface area contributed by atoms with E-state index in [9.17, 15) is 9.18 Å². The molecule has 4 nitrogen and oxygen atoms in total. The second-order valence-corrected chi connectivity index (χ2v) is 8.97. The third-order valence-corrected chi connectivity index (χ3v) is 6.82. The summed E-state index contributed by atoms with van der Waals surface area (Å²) in [6.07, 6.45) is 4.75. The Kier molecular flexibility index (Phi) is 6.35. The lowest BCUT2D eigenvalue weighted by Crippen LogP contribution is -2.29. The van der Waals surface area contributed by atoms with E-state index in [1.165, 1.54) is 12.1 Å². The first-order valence-corrected chi connectivity index (χ1v) is 11.9. The van der Waals surface area contributed by atoms with Crippen LogP contribution in [0.25, 0.3) is 10.9 Å². The molecule has 1 aliphatic heterocycles. The van der Waals surface area contributed by atoms with Crippen molar-refractivity contribution >= 4 is 16.8 Å². The maximum absolute atomic E-state index is 13.4. The minimum atomic E-state index is -0.234. The van der Waals surface area contributed by atoms with Gasteiger partial charge in [-0.15, -0.1) is 0 Å².